The van der Waals surface area contributed by atoms with Crippen LogP contribution in [-0.4, -0.2) is 35.6 Å². The van der Waals surface area contributed by atoms with Crippen LogP contribution in [0, 0.1) is 0 Å². The lowest BCUT2D eigenvalue weighted by atomic mass is 10.2. The fraction of sp³-hybridized carbons (Fsp3) is 0.333. The second kappa shape index (κ2) is 6.44. The van der Waals surface area contributed by atoms with Gasteiger partial charge in [-0.15, -0.1) is 0 Å². The predicted molar refractivity (Wildman–Crippen MR) is 66.2 cm³/mol. The number of halogens is 3. The second-order valence-electron chi connectivity index (χ2n) is 3.87. The van der Waals surface area contributed by atoms with E-state index in [2.05, 4.69) is 4.74 Å². The van der Waals surface area contributed by atoms with Gasteiger partial charge >= 0.3 is 23.9 Å². The summed E-state index contributed by atoms with van der Waals surface area (Å²) in [5, 5.41) is 12.6. The summed E-state index contributed by atoms with van der Waals surface area (Å²) >= 11 is 0. The molecule has 1 aromatic carbocycles. The molecular weight excluding hydrogens is 293 g/mol. The Morgan fingerprint density at radius 3 is 2.29 bits per heavy atom. The van der Waals surface area contributed by atoms with Crippen molar-refractivity contribution in [1.29, 1.82) is 0 Å². The molecule has 0 aliphatic rings. The minimum absolute atomic E-state index is 0.184. The highest BCUT2D eigenvalue weighted by molar-refractivity contribution is 5.93. The van der Waals surface area contributed by atoms with Crippen LogP contribution in [0.25, 0.3) is 0 Å². The SMILES string of the molecule is CCOC(=O)C(O)(NC(=O)Nc1ccccc1)C(F)(F)F. The number of urea groups is 1. The standard InChI is InChI=1S/C12H13F3N2O4/c1-2-21-9(18)11(20,12(13,14)15)17-10(19)16-8-6-4-3-5-7-8/h3-7,20H,2H2,1H3,(H2,16,17,19). The van der Waals surface area contributed by atoms with Crippen molar-refractivity contribution in [3.63, 3.8) is 0 Å². The molecule has 1 aromatic rings. The molecule has 2 amide bonds. The topological polar surface area (TPSA) is 87.7 Å². The number of carbonyl (C=O) groups is 2. The molecule has 0 radical (unpaired) electrons. The van der Waals surface area contributed by atoms with Crippen LogP contribution >= 0.6 is 0 Å². The summed E-state index contributed by atoms with van der Waals surface area (Å²) in [4.78, 5) is 22.8. The number of hydrogen-bond acceptors (Lipinski definition) is 4. The second-order valence-corrected chi connectivity index (χ2v) is 3.87. The lowest BCUT2D eigenvalue weighted by Crippen LogP contribution is -2.65. The average Bonchev–Trinajstić information content (AvgIpc) is 2.38. The number of amides is 2. The molecule has 0 heterocycles. The number of para-hydroxylation sites is 1. The minimum Gasteiger partial charge on any atom is -0.462 e. The molecular formula is C12H13F3N2O4. The monoisotopic (exact) mass is 306 g/mol. The predicted octanol–water partition coefficient (Wildman–Crippen LogP) is 1.62. The minimum atomic E-state index is -5.44. The molecule has 0 bridgehead atoms. The average molecular weight is 306 g/mol. The van der Waals surface area contributed by atoms with Crippen molar-refractivity contribution >= 4 is 17.7 Å². The molecule has 0 fully saturated rings. The number of carbonyl (C=O) groups excluding carboxylic acids is 2. The molecule has 9 heteroatoms. The molecule has 21 heavy (non-hydrogen) atoms. The Morgan fingerprint density at radius 2 is 1.81 bits per heavy atom. The smallest absolute Gasteiger partial charge is 0.448 e. The first kappa shape index (κ1) is 16.8. The molecule has 116 valence electrons. The number of aliphatic hydroxyl groups is 1. The van der Waals surface area contributed by atoms with Crippen molar-refractivity contribution in [3.8, 4) is 0 Å². The first-order valence-corrected chi connectivity index (χ1v) is 5.81. The van der Waals surface area contributed by atoms with Crippen LogP contribution in [0.2, 0.25) is 0 Å². The van der Waals surface area contributed by atoms with Gasteiger partial charge < -0.3 is 15.2 Å². The highest BCUT2D eigenvalue weighted by atomic mass is 19.4. The maximum absolute atomic E-state index is 12.8. The van der Waals surface area contributed by atoms with Crippen LogP contribution in [0.4, 0.5) is 23.7 Å². The lowest BCUT2D eigenvalue weighted by molar-refractivity contribution is -0.268. The van der Waals surface area contributed by atoms with Gasteiger partial charge in [-0.3, -0.25) is 5.32 Å². The molecule has 0 spiro atoms. The Bertz CT molecular complexity index is 507. The van der Waals surface area contributed by atoms with E-state index >= 15 is 0 Å². The van der Waals surface area contributed by atoms with E-state index in [1.807, 2.05) is 5.32 Å². The van der Waals surface area contributed by atoms with Crippen molar-refractivity contribution in [2.45, 2.75) is 18.8 Å². The Balaban J connectivity index is 2.87. The van der Waals surface area contributed by atoms with Crippen molar-refractivity contribution in [3.05, 3.63) is 30.3 Å². The van der Waals surface area contributed by atoms with Crippen molar-refractivity contribution in [2.75, 3.05) is 11.9 Å². The van der Waals surface area contributed by atoms with Crippen LogP contribution in [0.5, 0.6) is 0 Å². The van der Waals surface area contributed by atoms with Gasteiger partial charge in [-0.05, 0) is 19.1 Å². The first-order valence-electron chi connectivity index (χ1n) is 5.81. The number of nitrogens with one attached hydrogen (secondary N) is 2. The molecule has 0 aliphatic heterocycles. The molecule has 1 atom stereocenters. The Labute approximate surface area is 117 Å². The number of hydrogen-bond donors (Lipinski definition) is 3. The molecule has 1 unspecified atom stereocenters. The highest BCUT2D eigenvalue weighted by Crippen LogP contribution is 2.29. The van der Waals surface area contributed by atoms with Crippen LogP contribution in [0.15, 0.2) is 30.3 Å². The summed E-state index contributed by atoms with van der Waals surface area (Å²) in [7, 11) is 0. The van der Waals surface area contributed by atoms with Crippen LogP contribution < -0.4 is 10.6 Å². The maximum Gasteiger partial charge on any atom is 0.448 e. The van der Waals surface area contributed by atoms with E-state index in [1.54, 1.807) is 6.07 Å². The largest absolute Gasteiger partial charge is 0.462 e. The summed E-state index contributed by atoms with van der Waals surface area (Å²) in [6.07, 6.45) is -5.44. The van der Waals surface area contributed by atoms with Crippen molar-refractivity contribution < 1.29 is 32.6 Å². The summed E-state index contributed by atoms with van der Waals surface area (Å²) in [5.41, 5.74) is -3.94. The van der Waals surface area contributed by atoms with Gasteiger partial charge in [-0.25, -0.2) is 9.59 Å². The molecule has 0 aromatic heterocycles. The van der Waals surface area contributed by atoms with E-state index in [1.165, 1.54) is 36.5 Å². The van der Waals surface area contributed by atoms with Gasteiger partial charge in [0, 0.05) is 5.69 Å². The van der Waals surface area contributed by atoms with Crippen molar-refractivity contribution in [2.24, 2.45) is 0 Å². The van der Waals surface area contributed by atoms with E-state index in [-0.39, 0.29) is 12.3 Å². The van der Waals surface area contributed by atoms with Crippen LogP contribution in [0.1, 0.15) is 6.92 Å². The van der Waals surface area contributed by atoms with Crippen LogP contribution in [-0.2, 0) is 9.53 Å². The number of benzene rings is 1. The Hall–Kier alpha value is -2.29. The third kappa shape index (κ3) is 4.09. The number of rotatable bonds is 4. The van der Waals surface area contributed by atoms with Gasteiger partial charge in [0.2, 0.25) is 0 Å². The van der Waals surface area contributed by atoms with Gasteiger partial charge in [0.05, 0.1) is 6.61 Å². The summed E-state index contributed by atoms with van der Waals surface area (Å²) < 4.78 is 42.5. The molecule has 0 saturated carbocycles. The summed E-state index contributed by atoms with van der Waals surface area (Å²) in [6.45, 7) is 0.873. The lowest BCUT2D eigenvalue weighted by Gasteiger charge is -2.28. The van der Waals surface area contributed by atoms with Crippen molar-refractivity contribution in [1.82, 2.24) is 5.32 Å². The van der Waals surface area contributed by atoms with E-state index < -0.39 is 23.9 Å². The summed E-state index contributed by atoms with van der Waals surface area (Å²) in [5.74, 6) is -2.01. The van der Waals surface area contributed by atoms with Crippen LogP contribution in [0.3, 0.4) is 0 Å². The molecule has 0 saturated heterocycles. The van der Waals surface area contributed by atoms with E-state index in [0.29, 0.717) is 0 Å². The maximum atomic E-state index is 12.8. The number of ether oxygens (including phenoxy) is 1. The molecule has 3 N–H and O–H groups in total. The molecule has 1 rings (SSSR count). The normalized spacial score (nSPS) is 14.0. The molecule has 0 aliphatic carbocycles. The van der Waals surface area contributed by atoms with E-state index in [9.17, 15) is 27.9 Å². The fourth-order valence-electron chi connectivity index (χ4n) is 1.32. The van der Waals surface area contributed by atoms with Gasteiger partial charge in [0.25, 0.3) is 0 Å². The quantitative estimate of drug-likeness (QED) is 0.583. The Kier molecular flexibility index (Phi) is 5.14. The molecule has 6 nitrogen and oxygen atoms in total. The van der Waals surface area contributed by atoms with E-state index in [0.717, 1.165) is 0 Å². The summed E-state index contributed by atoms with van der Waals surface area (Å²) in [6, 6.07) is 6.13. The zero-order valence-corrected chi connectivity index (χ0v) is 10.9. The van der Waals surface area contributed by atoms with Gasteiger partial charge in [0.1, 0.15) is 0 Å². The van der Waals surface area contributed by atoms with Gasteiger partial charge in [-0.1, -0.05) is 18.2 Å². The van der Waals surface area contributed by atoms with Gasteiger partial charge in [0.15, 0.2) is 0 Å². The first-order chi connectivity index (χ1) is 9.70. The zero-order chi connectivity index (χ0) is 16.1. The third-order valence-corrected chi connectivity index (χ3v) is 2.31. The third-order valence-electron chi connectivity index (χ3n) is 2.31. The number of esters is 1. The number of alkyl halides is 3. The van der Waals surface area contributed by atoms with Gasteiger partial charge in [-0.2, -0.15) is 13.2 Å². The zero-order valence-electron chi connectivity index (χ0n) is 10.9. The Morgan fingerprint density at radius 1 is 1.24 bits per heavy atom. The number of anilines is 1. The van der Waals surface area contributed by atoms with E-state index in [4.69, 9.17) is 0 Å². The highest BCUT2D eigenvalue weighted by Gasteiger charge is 2.62. The fourth-order valence-corrected chi connectivity index (χ4v) is 1.32.